The van der Waals surface area contributed by atoms with E-state index in [0.29, 0.717) is 24.8 Å². The number of carboxylic acids is 1. The largest absolute Gasteiger partial charge is 0.481 e. The highest BCUT2D eigenvalue weighted by atomic mass is 16.5. The van der Waals surface area contributed by atoms with E-state index in [4.69, 9.17) is 14.6 Å². The average molecular weight is 387 g/mol. The Morgan fingerprint density at radius 2 is 1.89 bits per heavy atom. The zero-order valence-electron chi connectivity index (χ0n) is 16.1. The van der Waals surface area contributed by atoms with Gasteiger partial charge in [-0.3, -0.25) is 4.79 Å². The fourth-order valence-electron chi connectivity index (χ4n) is 4.20. The molecule has 0 aliphatic carbocycles. The van der Waals surface area contributed by atoms with Crippen molar-refractivity contribution in [2.45, 2.75) is 57.3 Å². The number of unbranched alkanes of at least 4 members (excludes halogenated alkanes) is 1. The Hall–Kier alpha value is -2.34. The Morgan fingerprint density at radius 3 is 2.64 bits per heavy atom. The van der Waals surface area contributed by atoms with Gasteiger partial charge in [0, 0.05) is 18.9 Å². The number of aliphatic carboxylic acids is 1. The molecule has 4 atom stereocenters. The summed E-state index contributed by atoms with van der Waals surface area (Å²) in [6.07, 6.45) is 8.97. The van der Waals surface area contributed by atoms with Gasteiger partial charge < -0.3 is 19.9 Å². The second-order valence-corrected chi connectivity index (χ2v) is 7.55. The summed E-state index contributed by atoms with van der Waals surface area (Å²) >= 11 is 0. The minimum Gasteiger partial charge on any atom is -0.481 e. The van der Waals surface area contributed by atoms with E-state index in [1.807, 2.05) is 30.3 Å². The first-order chi connectivity index (χ1) is 13.6. The van der Waals surface area contributed by atoms with Crippen LogP contribution in [0.25, 0.3) is 0 Å². The van der Waals surface area contributed by atoms with Crippen molar-refractivity contribution in [3.05, 3.63) is 48.0 Å². The Labute approximate surface area is 165 Å². The summed E-state index contributed by atoms with van der Waals surface area (Å²) in [6, 6.07) is 9.62. The third kappa shape index (κ3) is 5.83. The second kappa shape index (κ2) is 10.3. The molecule has 0 spiro atoms. The molecule has 1 aromatic rings. The fourth-order valence-corrected chi connectivity index (χ4v) is 4.20. The molecule has 3 rings (SSSR count). The van der Waals surface area contributed by atoms with Gasteiger partial charge in [0.1, 0.15) is 6.61 Å². The second-order valence-electron chi connectivity index (χ2n) is 7.55. The van der Waals surface area contributed by atoms with Gasteiger partial charge in [-0.2, -0.15) is 0 Å². The average Bonchev–Trinajstić information content (AvgIpc) is 3.30. The number of ether oxygens (including phenoxy) is 2. The van der Waals surface area contributed by atoms with Gasteiger partial charge in [0.25, 0.3) is 0 Å². The van der Waals surface area contributed by atoms with Crippen LogP contribution in [-0.4, -0.2) is 35.9 Å². The number of nitrogens with one attached hydrogen (secondary N) is 1. The molecule has 28 heavy (non-hydrogen) atoms. The minimum atomic E-state index is -0.750. The summed E-state index contributed by atoms with van der Waals surface area (Å²) in [4.78, 5) is 22.6. The van der Waals surface area contributed by atoms with Gasteiger partial charge in [0.15, 0.2) is 0 Å². The maximum absolute atomic E-state index is 12.0. The van der Waals surface area contributed by atoms with Crippen LogP contribution in [-0.2, 0) is 20.9 Å². The standard InChI is InChI=1S/C22H29NO5/c24-21(25)11-7-2-1-6-10-17-18(20-13-12-19(17)28-20)14-23-22(26)27-15-16-8-4-3-5-9-16/h1,3-6,8-9,17-20H,2,7,10-15H2,(H,23,26)(H,24,25)/t17-,18+,19-,20+/m1/s1. The summed E-state index contributed by atoms with van der Waals surface area (Å²) < 4.78 is 11.4. The molecule has 152 valence electrons. The molecule has 0 unspecified atom stereocenters. The van der Waals surface area contributed by atoms with Crippen molar-refractivity contribution in [2.24, 2.45) is 11.8 Å². The molecule has 2 saturated heterocycles. The van der Waals surface area contributed by atoms with E-state index < -0.39 is 12.1 Å². The predicted molar refractivity (Wildman–Crippen MR) is 105 cm³/mol. The van der Waals surface area contributed by atoms with Crippen LogP contribution in [0.5, 0.6) is 0 Å². The maximum Gasteiger partial charge on any atom is 0.407 e. The van der Waals surface area contributed by atoms with Gasteiger partial charge in [-0.1, -0.05) is 42.5 Å². The van der Waals surface area contributed by atoms with Crippen molar-refractivity contribution in [3.8, 4) is 0 Å². The van der Waals surface area contributed by atoms with Crippen LogP contribution in [0, 0.1) is 11.8 Å². The van der Waals surface area contributed by atoms with Gasteiger partial charge in [0.2, 0.25) is 0 Å². The van der Waals surface area contributed by atoms with E-state index in [-0.39, 0.29) is 25.2 Å². The highest BCUT2D eigenvalue weighted by molar-refractivity contribution is 5.67. The Kier molecular flexibility index (Phi) is 7.48. The minimum absolute atomic E-state index is 0.208. The van der Waals surface area contributed by atoms with Crippen molar-refractivity contribution >= 4 is 12.1 Å². The van der Waals surface area contributed by atoms with E-state index in [1.165, 1.54) is 0 Å². The molecule has 6 nitrogen and oxygen atoms in total. The molecule has 2 bridgehead atoms. The lowest BCUT2D eigenvalue weighted by molar-refractivity contribution is -0.137. The van der Waals surface area contributed by atoms with Crippen LogP contribution < -0.4 is 5.32 Å². The third-order valence-corrected chi connectivity index (χ3v) is 5.62. The first-order valence-corrected chi connectivity index (χ1v) is 10.1. The van der Waals surface area contributed by atoms with Crippen molar-refractivity contribution in [3.63, 3.8) is 0 Å². The zero-order valence-corrected chi connectivity index (χ0v) is 16.1. The van der Waals surface area contributed by atoms with Crippen LogP contribution in [0.15, 0.2) is 42.5 Å². The summed E-state index contributed by atoms with van der Waals surface area (Å²) in [7, 11) is 0. The molecular formula is C22H29NO5. The Balaban J connectivity index is 1.40. The third-order valence-electron chi connectivity index (χ3n) is 5.62. The van der Waals surface area contributed by atoms with Crippen LogP contribution >= 0.6 is 0 Å². The lowest BCUT2D eigenvalue weighted by Crippen LogP contribution is -2.38. The molecule has 2 fully saturated rings. The molecule has 0 aromatic heterocycles. The van der Waals surface area contributed by atoms with Gasteiger partial charge in [-0.15, -0.1) is 0 Å². The number of rotatable bonds is 10. The molecule has 2 heterocycles. The number of benzene rings is 1. The smallest absolute Gasteiger partial charge is 0.407 e. The first-order valence-electron chi connectivity index (χ1n) is 10.1. The topological polar surface area (TPSA) is 84.9 Å². The summed E-state index contributed by atoms with van der Waals surface area (Å²) in [5, 5.41) is 11.6. The van der Waals surface area contributed by atoms with E-state index in [2.05, 4.69) is 17.5 Å². The lowest BCUT2D eigenvalue weighted by Gasteiger charge is -2.27. The van der Waals surface area contributed by atoms with Gasteiger partial charge in [-0.05, 0) is 43.6 Å². The van der Waals surface area contributed by atoms with Crippen molar-refractivity contribution in [1.82, 2.24) is 5.32 Å². The van der Waals surface area contributed by atoms with E-state index >= 15 is 0 Å². The van der Waals surface area contributed by atoms with Gasteiger partial charge >= 0.3 is 12.1 Å². The number of carbonyl (C=O) groups is 2. The number of allylic oxidation sites excluding steroid dienone is 2. The highest BCUT2D eigenvalue weighted by Crippen LogP contribution is 2.44. The highest BCUT2D eigenvalue weighted by Gasteiger charge is 2.48. The lowest BCUT2D eigenvalue weighted by atomic mass is 9.77. The molecule has 1 aromatic carbocycles. The predicted octanol–water partition coefficient (Wildman–Crippen LogP) is 3.91. The van der Waals surface area contributed by atoms with E-state index in [0.717, 1.165) is 31.2 Å². The number of amides is 1. The van der Waals surface area contributed by atoms with Crippen LogP contribution in [0.2, 0.25) is 0 Å². The summed E-state index contributed by atoms with van der Waals surface area (Å²) in [5.74, 6) is -0.0595. The number of carboxylic acid groups (broad SMARTS) is 1. The maximum atomic E-state index is 12.0. The SMILES string of the molecule is O=C(O)CCCC=CC[C@@H]1[C@H](CNC(=O)OCc2ccccc2)[C@@H]2CC[C@H]1O2. The van der Waals surface area contributed by atoms with Crippen molar-refractivity contribution in [2.75, 3.05) is 6.54 Å². The molecule has 2 aliphatic heterocycles. The molecular weight excluding hydrogens is 358 g/mol. The quantitative estimate of drug-likeness (QED) is 0.470. The van der Waals surface area contributed by atoms with Crippen LogP contribution in [0.4, 0.5) is 4.79 Å². The van der Waals surface area contributed by atoms with E-state index in [1.54, 1.807) is 0 Å². The zero-order chi connectivity index (χ0) is 19.8. The number of alkyl carbamates (subject to hydrolysis) is 1. The number of hydrogen-bond donors (Lipinski definition) is 2. The summed E-state index contributed by atoms with van der Waals surface area (Å²) in [6.45, 7) is 0.828. The molecule has 6 heteroatoms. The van der Waals surface area contributed by atoms with Crippen molar-refractivity contribution < 1.29 is 24.2 Å². The fraction of sp³-hybridized carbons (Fsp3) is 0.545. The monoisotopic (exact) mass is 387 g/mol. The number of carbonyl (C=O) groups excluding carboxylic acids is 1. The summed E-state index contributed by atoms with van der Waals surface area (Å²) in [5.41, 5.74) is 0.965. The first kappa shape index (κ1) is 20.4. The molecule has 0 saturated carbocycles. The van der Waals surface area contributed by atoms with Crippen molar-refractivity contribution in [1.29, 1.82) is 0 Å². The molecule has 0 radical (unpaired) electrons. The Bertz CT molecular complexity index is 675. The van der Waals surface area contributed by atoms with Gasteiger partial charge in [-0.25, -0.2) is 4.79 Å². The molecule has 1 amide bonds. The van der Waals surface area contributed by atoms with E-state index in [9.17, 15) is 9.59 Å². The van der Waals surface area contributed by atoms with Gasteiger partial charge in [0.05, 0.1) is 12.2 Å². The normalized spacial score (nSPS) is 25.9. The molecule has 2 aliphatic rings. The number of fused-ring (bicyclic) bond motifs is 2. The number of hydrogen-bond acceptors (Lipinski definition) is 4. The van der Waals surface area contributed by atoms with Crippen LogP contribution in [0.1, 0.15) is 44.1 Å². The van der Waals surface area contributed by atoms with Crippen LogP contribution in [0.3, 0.4) is 0 Å². The Morgan fingerprint density at radius 1 is 1.14 bits per heavy atom. The molecule has 2 N–H and O–H groups in total.